The lowest BCUT2D eigenvalue weighted by Gasteiger charge is -2.45. The molecule has 0 nitrogen and oxygen atoms in total. The Morgan fingerprint density at radius 2 is 0.923 bits per heavy atom. The molecule has 3 fully saturated rings. The van der Waals surface area contributed by atoms with Gasteiger partial charge in [-0.2, -0.15) is 0 Å². The van der Waals surface area contributed by atoms with Crippen LogP contribution in [0, 0.1) is 34.5 Å². The predicted molar refractivity (Wildman–Crippen MR) is 115 cm³/mol. The maximum absolute atomic E-state index is 2.63. The fraction of sp³-hybridized carbons (Fsp3) is 1.00. The minimum atomic E-state index is 0.654. The molecule has 0 heteroatoms. The first kappa shape index (κ1) is 20.7. The lowest BCUT2D eigenvalue weighted by atomic mass is 9.60. The highest BCUT2D eigenvalue weighted by atomic mass is 14.4. The molecule has 3 rings (SSSR count). The van der Waals surface area contributed by atoms with Crippen molar-refractivity contribution in [2.45, 2.75) is 130 Å². The van der Waals surface area contributed by atoms with Gasteiger partial charge in [-0.05, 0) is 73.0 Å². The van der Waals surface area contributed by atoms with Gasteiger partial charge < -0.3 is 0 Å². The van der Waals surface area contributed by atoms with Crippen molar-refractivity contribution in [3.05, 3.63) is 0 Å². The van der Waals surface area contributed by atoms with E-state index in [-0.39, 0.29) is 0 Å². The van der Waals surface area contributed by atoms with Crippen LogP contribution in [0.1, 0.15) is 130 Å². The molecule has 0 N–H and O–H groups in total. The topological polar surface area (TPSA) is 0 Å². The van der Waals surface area contributed by atoms with E-state index in [4.69, 9.17) is 0 Å². The normalized spacial score (nSPS) is 34.2. The van der Waals surface area contributed by atoms with E-state index >= 15 is 0 Å². The van der Waals surface area contributed by atoms with E-state index in [1.165, 1.54) is 103 Å². The highest BCUT2D eigenvalue weighted by Crippen LogP contribution is 2.50. The maximum Gasteiger partial charge on any atom is -0.0300 e. The Kier molecular flexibility index (Phi) is 7.17. The van der Waals surface area contributed by atoms with Gasteiger partial charge in [-0.25, -0.2) is 0 Å². The summed E-state index contributed by atoms with van der Waals surface area (Å²) in [5.41, 5.74) is 1.31. The molecular formula is C26H48. The quantitative estimate of drug-likeness (QED) is 0.444. The Morgan fingerprint density at radius 1 is 0.577 bits per heavy atom. The molecule has 0 spiro atoms. The number of hydrogen-bond acceptors (Lipinski definition) is 0. The molecule has 0 aromatic carbocycles. The van der Waals surface area contributed by atoms with Gasteiger partial charge in [0.2, 0.25) is 0 Å². The van der Waals surface area contributed by atoms with Crippen LogP contribution in [0.2, 0.25) is 0 Å². The smallest absolute Gasteiger partial charge is 0.0300 e. The SMILES string of the molecule is CC(CC1CCCCC1CC(C)C1(C)CCCCC1)C1(C)CCCCC1. The van der Waals surface area contributed by atoms with E-state index in [9.17, 15) is 0 Å². The monoisotopic (exact) mass is 360 g/mol. The number of hydrogen-bond donors (Lipinski definition) is 0. The molecule has 0 aliphatic heterocycles. The standard InChI is InChI=1S/C26H48/c1-21(25(3)15-9-5-10-16-25)19-23-13-7-8-14-24(23)20-22(2)26(4)17-11-6-12-18-26/h21-24H,5-20H2,1-4H3. The summed E-state index contributed by atoms with van der Waals surface area (Å²) >= 11 is 0. The van der Waals surface area contributed by atoms with Gasteiger partial charge in [0.15, 0.2) is 0 Å². The Labute approximate surface area is 165 Å². The first-order chi connectivity index (χ1) is 12.4. The van der Waals surface area contributed by atoms with Crippen LogP contribution < -0.4 is 0 Å². The van der Waals surface area contributed by atoms with Crippen LogP contribution >= 0.6 is 0 Å². The van der Waals surface area contributed by atoms with Crippen molar-refractivity contribution >= 4 is 0 Å². The molecule has 0 bridgehead atoms. The van der Waals surface area contributed by atoms with E-state index in [1.807, 2.05) is 0 Å². The second kappa shape index (κ2) is 9.00. The molecule has 4 atom stereocenters. The summed E-state index contributed by atoms with van der Waals surface area (Å²) in [5, 5.41) is 0. The van der Waals surface area contributed by atoms with Gasteiger partial charge in [0.25, 0.3) is 0 Å². The van der Waals surface area contributed by atoms with Gasteiger partial charge in [-0.3, -0.25) is 0 Å². The van der Waals surface area contributed by atoms with Gasteiger partial charge in [0.1, 0.15) is 0 Å². The largest absolute Gasteiger partial charge is 0.0620 e. The highest BCUT2D eigenvalue weighted by molar-refractivity contribution is 4.89. The van der Waals surface area contributed by atoms with E-state index in [2.05, 4.69) is 27.7 Å². The maximum atomic E-state index is 2.63. The molecule has 152 valence electrons. The van der Waals surface area contributed by atoms with E-state index < -0.39 is 0 Å². The van der Waals surface area contributed by atoms with Crippen molar-refractivity contribution < 1.29 is 0 Å². The molecule has 0 saturated heterocycles. The molecular weight excluding hydrogens is 312 g/mol. The van der Waals surface area contributed by atoms with Gasteiger partial charge in [0.05, 0.1) is 0 Å². The first-order valence-electron chi connectivity index (χ1n) is 12.4. The second-order valence-corrected chi connectivity index (χ2v) is 11.5. The van der Waals surface area contributed by atoms with Crippen LogP contribution in [0.4, 0.5) is 0 Å². The Balaban J connectivity index is 1.58. The minimum absolute atomic E-state index is 0.654. The Bertz CT molecular complexity index is 370. The van der Waals surface area contributed by atoms with Crippen molar-refractivity contribution in [1.29, 1.82) is 0 Å². The molecule has 3 aliphatic carbocycles. The zero-order valence-corrected chi connectivity index (χ0v) is 18.6. The highest BCUT2D eigenvalue weighted by Gasteiger charge is 2.39. The molecule has 0 radical (unpaired) electrons. The van der Waals surface area contributed by atoms with Crippen LogP contribution in [0.15, 0.2) is 0 Å². The molecule has 3 saturated carbocycles. The zero-order valence-electron chi connectivity index (χ0n) is 18.6. The van der Waals surface area contributed by atoms with Gasteiger partial charge >= 0.3 is 0 Å². The molecule has 26 heavy (non-hydrogen) atoms. The predicted octanol–water partition coefficient (Wildman–Crippen LogP) is 8.79. The fourth-order valence-electron chi connectivity index (χ4n) is 7.09. The third-order valence-corrected chi connectivity index (χ3v) is 9.75. The van der Waals surface area contributed by atoms with Gasteiger partial charge in [0, 0.05) is 0 Å². The molecule has 4 unspecified atom stereocenters. The van der Waals surface area contributed by atoms with Crippen LogP contribution in [-0.2, 0) is 0 Å². The summed E-state index contributed by atoms with van der Waals surface area (Å²) in [6, 6.07) is 0. The van der Waals surface area contributed by atoms with E-state index in [0.717, 1.165) is 23.7 Å². The van der Waals surface area contributed by atoms with Crippen molar-refractivity contribution in [1.82, 2.24) is 0 Å². The van der Waals surface area contributed by atoms with Crippen LogP contribution in [0.25, 0.3) is 0 Å². The molecule has 0 aromatic heterocycles. The average molecular weight is 361 g/mol. The zero-order chi connectivity index (χ0) is 18.6. The van der Waals surface area contributed by atoms with E-state index in [1.54, 1.807) is 0 Å². The summed E-state index contributed by atoms with van der Waals surface area (Å²) in [7, 11) is 0. The average Bonchev–Trinajstić information content (AvgIpc) is 2.64. The van der Waals surface area contributed by atoms with Crippen molar-refractivity contribution in [2.24, 2.45) is 34.5 Å². The van der Waals surface area contributed by atoms with E-state index in [0.29, 0.717) is 10.8 Å². The van der Waals surface area contributed by atoms with Crippen LogP contribution in [0.3, 0.4) is 0 Å². The summed E-state index contributed by atoms with van der Waals surface area (Å²) in [6.45, 7) is 10.5. The third-order valence-electron chi connectivity index (χ3n) is 9.75. The van der Waals surface area contributed by atoms with Crippen molar-refractivity contribution in [3.8, 4) is 0 Å². The number of rotatable bonds is 6. The van der Waals surface area contributed by atoms with Gasteiger partial charge in [-0.15, -0.1) is 0 Å². The lowest BCUT2D eigenvalue weighted by molar-refractivity contribution is 0.0576. The minimum Gasteiger partial charge on any atom is -0.0620 e. The summed E-state index contributed by atoms with van der Waals surface area (Å²) in [5.74, 6) is 3.95. The molecule has 0 aromatic rings. The molecule has 3 aliphatic rings. The third kappa shape index (κ3) is 4.88. The van der Waals surface area contributed by atoms with Crippen molar-refractivity contribution in [2.75, 3.05) is 0 Å². The van der Waals surface area contributed by atoms with Crippen LogP contribution in [0.5, 0.6) is 0 Å². The summed E-state index contributed by atoms with van der Waals surface area (Å²) < 4.78 is 0. The van der Waals surface area contributed by atoms with Crippen molar-refractivity contribution in [3.63, 3.8) is 0 Å². The summed E-state index contributed by atoms with van der Waals surface area (Å²) in [4.78, 5) is 0. The summed E-state index contributed by atoms with van der Waals surface area (Å²) in [6.07, 6.45) is 24.1. The van der Waals surface area contributed by atoms with Gasteiger partial charge in [-0.1, -0.05) is 91.9 Å². The first-order valence-corrected chi connectivity index (χ1v) is 12.4. The second-order valence-electron chi connectivity index (χ2n) is 11.5. The molecule has 0 amide bonds. The lowest BCUT2D eigenvalue weighted by Crippen LogP contribution is -2.34. The Hall–Kier alpha value is 0. The molecule has 0 heterocycles. The fourth-order valence-corrected chi connectivity index (χ4v) is 7.09. The van der Waals surface area contributed by atoms with Crippen LogP contribution in [-0.4, -0.2) is 0 Å². The Morgan fingerprint density at radius 3 is 1.27 bits per heavy atom.